The molecule has 1 aromatic heterocycles. The van der Waals surface area contributed by atoms with Crippen molar-refractivity contribution in [3.05, 3.63) is 71.4 Å². The van der Waals surface area contributed by atoms with Crippen molar-refractivity contribution in [2.45, 2.75) is 6.42 Å². The second kappa shape index (κ2) is 4.70. The molecule has 21 heavy (non-hydrogen) atoms. The molecular formula is C18H14N2O. The number of anilines is 1. The number of hydrogen-bond acceptors (Lipinski definition) is 3. The van der Waals surface area contributed by atoms with Crippen molar-refractivity contribution in [3.63, 3.8) is 0 Å². The van der Waals surface area contributed by atoms with Gasteiger partial charge in [-0.25, -0.2) is 0 Å². The highest BCUT2D eigenvalue weighted by atomic mass is 16.1. The average molecular weight is 274 g/mol. The molecule has 0 radical (unpaired) electrons. The van der Waals surface area contributed by atoms with Crippen LogP contribution in [0.3, 0.4) is 0 Å². The summed E-state index contributed by atoms with van der Waals surface area (Å²) in [5, 5.41) is 4.36. The molecular weight excluding hydrogens is 260 g/mol. The zero-order chi connectivity index (χ0) is 14.2. The van der Waals surface area contributed by atoms with Crippen LogP contribution in [0.25, 0.3) is 10.9 Å². The predicted octanol–water partition coefficient (Wildman–Crippen LogP) is 3.43. The Morgan fingerprint density at radius 3 is 2.86 bits per heavy atom. The van der Waals surface area contributed by atoms with E-state index in [2.05, 4.69) is 10.3 Å². The van der Waals surface area contributed by atoms with E-state index in [0.29, 0.717) is 5.56 Å². The summed E-state index contributed by atoms with van der Waals surface area (Å²) >= 11 is 0. The van der Waals surface area contributed by atoms with Gasteiger partial charge in [0.05, 0.1) is 5.52 Å². The van der Waals surface area contributed by atoms with Crippen molar-refractivity contribution < 1.29 is 4.79 Å². The maximum Gasteiger partial charge on any atom is 0.193 e. The molecule has 4 rings (SSSR count). The number of carbonyl (C=O) groups excluding carboxylic acids is 1. The molecule has 1 aliphatic rings. The third kappa shape index (κ3) is 2.07. The van der Waals surface area contributed by atoms with Crippen molar-refractivity contribution in [3.8, 4) is 0 Å². The molecule has 102 valence electrons. The van der Waals surface area contributed by atoms with Crippen LogP contribution in [0.1, 0.15) is 21.5 Å². The van der Waals surface area contributed by atoms with Crippen molar-refractivity contribution in [2.75, 3.05) is 11.9 Å². The van der Waals surface area contributed by atoms with Crippen molar-refractivity contribution >= 4 is 22.4 Å². The summed E-state index contributed by atoms with van der Waals surface area (Å²) < 4.78 is 0. The first-order valence-corrected chi connectivity index (χ1v) is 7.07. The molecule has 1 aliphatic heterocycles. The lowest BCUT2D eigenvalue weighted by Gasteiger charge is -2.05. The Kier molecular flexibility index (Phi) is 2.71. The highest BCUT2D eigenvalue weighted by molar-refractivity contribution is 6.10. The number of rotatable bonds is 2. The molecule has 0 amide bonds. The number of fused-ring (bicyclic) bond motifs is 2. The highest BCUT2D eigenvalue weighted by Gasteiger charge is 2.15. The van der Waals surface area contributed by atoms with Crippen molar-refractivity contribution in [1.82, 2.24) is 4.98 Å². The minimum atomic E-state index is 0.0530. The Labute approximate surface area is 122 Å². The predicted molar refractivity (Wildman–Crippen MR) is 83.8 cm³/mol. The summed E-state index contributed by atoms with van der Waals surface area (Å²) in [4.78, 5) is 17.0. The smallest absolute Gasteiger partial charge is 0.193 e. The lowest BCUT2D eigenvalue weighted by molar-refractivity contribution is 0.103. The summed E-state index contributed by atoms with van der Waals surface area (Å²) in [7, 11) is 0. The fraction of sp³-hybridized carbons (Fsp3) is 0.111. The van der Waals surface area contributed by atoms with Crippen LogP contribution in [-0.4, -0.2) is 17.3 Å². The Balaban J connectivity index is 1.75. The van der Waals surface area contributed by atoms with E-state index in [0.717, 1.165) is 35.1 Å². The van der Waals surface area contributed by atoms with Crippen LogP contribution in [0, 0.1) is 0 Å². The molecule has 0 saturated carbocycles. The number of carbonyl (C=O) groups is 1. The molecule has 3 heteroatoms. The summed E-state index contributed by atoms with van der Waals surface area (Å²) in [6.07, 6.45) is 2.73. The molecule has 0 unspecified atom stereocenters. The molecule has 0 fully saturated rings. The van der Waals surface area contributed by atoms with Crippen LogP contribution < -0.4 is 5.32 Å². The molecule has 1 N–H and O–H groups in total. The van der Waals surface area contributed by atoms with E-state index in [1.807, 2.05) is 48.5 Å². The zero-order valence-corrected chi connectivity index (χ0v) is 11.5. The second-order valence-corrected chi connectivity index (χ2v) is 5.29. The Bertz CT molecular complexity index is 855. The summed E-state index contributed by atoms with van der Waals surface area (Å²) in [5.74, 6) is 0.0530. The monoisotopic (exact) mass is 274 g/mol. The topological polar surface area (TPSA) is 42.0 Å². The van der Waals surface area contributed by atoms with E-state index in [1.54, 1.807) is 6.20 Å². The highest BCUT2D eigenvalue weighted by Crippen LogP contribution is 2.24. The third-order valence-corrected chi connectivity index (χ3v) is 3.95. The maximum absolute atomic E-state index is 12.6. The summed E-state index contributed by atoms with van der Waals surface area (Å²) in [6.45, 7) is 0.951. The fourth-order valence-electron chi connectivity index (χ4n) is 2.82. The molecule has 0 bridgehead atoms. The van der Waals surface area contributed by atoms with Gasteiger partial charge in [-0.05, 0) is 42.3 Å². The lowest BCUT2D eigenvalue weighted by atomic mass is 9.99. The Morgan fingerprint density at radius 2 is 1.90 bits per heavy atom. The summed E-state index contributed by atoms with van der Waals surface area (Å²) in [6, 6.07) is 15.5. The quantitative estimate of drug-likeness (QED) is 0.728. The Morgan fingerprint density at radius 1 is 1.05 bits per heavy atom. The van der Waals surface area contributed by atoms with Crippen LogP contribution in [0.2, 0.25) is 0 Å². The zero-order valence-electron chi connectivity index (χ0n) is 11.5. The molecule has 0 saturated heterocycles. The van der Waals surface area contributed by atoms with E-state index >= 15 is 0 Å². The first kappa shape index (κ1) is 12.1. The number of pyridine rings is 1. The molecule has 0 atom stereocenters. The van der Waals surface area contributed by atoms with Gasteiger partial charge in [0.15, 0.2) is 5.78 Å². The number of hydrogen-bond donors (Lipinski definition) is 1. The van der Waals surface area contributed by atoms with Crippen molar-refractivity contribution in [2.24, 2.45) is 0 Å². The number of ketones is 1. The molecule has 2 heterocycles. The first-order valence-electron chi connectivity index (χ1n) is 7.07. The van der Waals surface area contributed by atoms with Gasteiger partial charge in [-0.15, -0.1) is 0 Å². The van der Waals surface area contributed by atoms with Crippen LogP contribution in [0.4, 0.5) is 5.69 Å². The van der Waals surface area contributed by atoms with Gasteiger partial charge in [0.2, 0.25) is 0 Å². The van der Waals surface area contributed by atoms with E-state index in [-0.39, 0.29) is 5.78 Å². The maximum atomic E-state index is 12.6. The van der Waals surface area contributed by atoms with Gasteiger partial charge in [-0.1, -0.05) is 18.2 Å². The minimum absolute atomic E-state index is 0.0530. The average Bonchev–Trinajstić information content (AvgIpc) is 3.01. The van der Waals surface area contributed by atoms with Crippen molar-refractivity contribution in [1.29, 1.82) is 0 Å². The Hall–Kier alpha value is -2.68. The fourth-order valence-corrected chi connectivity index (χ4v) is 2.82. The molecule has 0 aliphatic carbocycles. The van der Waals surface area contributed by atoms with E-state index in [9.17, 15) is 4.79 Å². The van der Waals surface area contributed by atoms with Crippen LogP contribution in [-0.2, 0) is 6.42 Å². The third-order valence-electron chi connectivity index (χ3n) is 3.95. The molecule has 0 spiro atoms. The van der Waals surface area contributed by atoms with Gasteiger partial charge in [-0.3, -0.25) is 9.78 Å². The van der Waals surface area contributed by atoms with Gasteiger partial charge in [-0.2, -0.15) is 0 Å². The molecule has 3 nitrogen and oxygen atoms in total. The van der Waals surface area contributed by atoms with E-state index in [4.69, 9.17) is 0 Å². The van der Waals surface area contributed by atoms with E-state index in [1.165, 1.54) is 5.56 Å². The largest absolute Gasteiger partial charge is 0.384 e. The minimum Gasteiger partial charge on any atom is -0.384 e. The first-order chi connectivity index (χ1) is 10.3. The van der Waals surface area contributed by atoms with Crippen LogP contribution in [0.5, 0.6) is 0 Å². The number of nitrogens with zero attached hydrogens (tertiary/aromatic N) is 1. The SMILES string of the molecule is O=C(c1ccc2c(c1)CCN2)c1ccc2cccnc2c1. The van der Waals surface area contributed by atoms with Gasteiger partial charge in [0, 0.05) is 34.9 Å². The van der Waals surface area contributed by atoms with Crippen LogP contribution >= 0.6 is 0 Å². The number of aromatic nitrogens is 1. The van der Waals surface area contributed by atoms with Gasteiger partial charge >= 0.3 is 0 Å². The second-order valence-electron chi connectivity index (χ2n) is 5.29. The van der Waals surface area contributed by atoms with Gasteiger partial charge < -0.3 is 5.32 Å². The van der Waals surface area contributed by atoms with Crippen LogP contribution in [0.15, 0.2) is 54.7 Å². The summed E-state index contributed by atoms with van der Waals surface area (Å²) in [5.41, 5.74) is 4.65. The number of nitrogens with one attached hydrogen (secondary N) is 1. The normalized spacial score (nSPS) is 13.0. The van der Waals surface area contributed by atoms with Gasteiger partial charge in [0.1, 0.15) is 0 Å². The number of benzene rings is 2. The molecule has 2 aromatic carbocycles. The standard InChI is InChI=1S/C18H14N2O/c21-18(14-5-6-16-13(10-14)7-9-20-16)15-4-3-12-2-1-8-19-17(12)11-15/h1-6,8,10-11,20H,7,9H2. The lowest BCUT2D eigenvalue weighted by Crippen LogP contribution is -2.02. The van der Waals surface area contributed by atoms with Gasteiger partial charge in [0.25, 0.3) is 0 Å². The van der Waals surface area contributed by atoms with E-state index < -0.39 is 0 Å². The molecule has 3 aromatic rings.